The molecule has 7 heteroatoms. The lowest BCUT2D eigenvalue weighted by atomic mass is 9.92. The molecule has 0 saturated carbocycles. The Morgan fingerprint density at radius 3 is 2.52 bits per heavy atom. The number of anilines is 3. The van der Waals surface area contributed by atoms with Crippen molar-refractivity contribution in [1.82, 2.24) is 9.97 Å². The van der Waals surface area contributed by atoms with Crippen molar-refractivity contribution in [2.24, 2.45) is 0 Å². The molecule has 0 aliphatic rings. The summed E-state index contributed by atoms with van der Waals surface area (Å²) in [4.78, 5) is 21.7. The van der Waals surface area contributed by atoms with Crippen LogP contribution in [0.5, 0.6) is 6.01 Å². The molecule has 1 unspecified atom stereocenters. The summed E-state index contributed by atoms with van der Waals surface area (Å²) in [7, 11) is 2.02. The van der Waals surface area contributed by atoms with E-state index in [1.54, 1.807) is 12.4 Å². The summed E-state index contributed by atoms with van der Waals surface area (Å²) in [6.45, 7) is 7.33. The molecule has 0 bridgehead atoms. The van der Waals surface area contributed by atoms with Crippen LogP contribution < -0.4 is 15.0 Å². The van der Waals surface area contributed by atoms with E-state index in [1.807, 2.05) is 39.1 Å². The van der Waals surface area contributed by atoms with Crippen molar-refractivity contribution in [1.29, 1.82) is 0 Å². The van der Waals surface area contributed by atoms with Crippen LogP contribution in [0.3, 0.4) is 0 Å². The molecule has 0 fully saturated rings. The summed E-state index contributed by atoms with van der Waals surface area (Å²) in [6.07, 6.45) is 4.23. The van der Waals surface area contributed by atoms with E-state index in [0.717, 1.165) is 35.6 Å². The summed E-state index contributed by atoms with van der Waals surface area (Å²) in [5, 5.41) is 12.5. The maximum atomic E-state index is 11.2. The Morgan fingerprint density at radius 1 is 1.26 bits per heavy atom. The van der Waals surface area contributed by atoms with Gasteiger partial charge in [-0.25, -0.2) is 9.97 Å². The lowest BCUT2D eigenvalue weighted by molar-refractivity contribution is -0.137. The number of carboxylic acid groups (broad SMARTS) is 1. The molecular formula is C20H28N4O3. The maximum absolute atomic E-state index is 11.2. The summed E-state index contributed by atoms with van der Waals surface area (Å²) in [6, 6.07) is 6.41. The molecule has 2 aromatic rings. The van der Waals surface area contributed by atoms with Crippen LogP contribution in [-0.4, -0.2) is 41.2 Å². The molecule has 1 aromatic heterocycles. The van der Waals surface area contributed by atoms with Crippen LogP contribution in [0.4, 0.5) is 17.1 Å². The molecular weight excluding hydrogens is 344 g/mol. The van der Waals surface area contributed by atoms with E-state index in [1.165, 1.54) is 0 Å². The van der Waals surface area contributed by atoms with Crippen molar-refractivity contribution >= 4 is 23.0 Å². The van der Waals surface area contributed by atoms with Crippen LogP contribution in [0, 0.1) is 0 Å². The van der Waals surface area contributed by atoms with Gasteiger partial charge >= 0.3 is 12.0 Å². The fourth-order valence-corrected chi connectivity index (χ4v) is 2.86. The Kier molecular flexibility index (Phi) is 7.40. The number of aromatic nitrogens is 2. The average molecular weight is 372 g/mol. The Labute approximate surface area is 160 Å². The van der Waals surface area contributed by atoms with Gasteiger partial charge in [0.15, 0.2) is 0 Å². The van der Waals surface area contributed by atoms with Crippen LogP contribution in [0.25, 0.3) is 0 Å². The van der Waals surface area contributed by atoms with Crippen molar-refractivity contribution in [3.05, 3.63) is 36.2 Å². The SMILES string of the molecule is CCOc1ncc(Nc2cc(C(CC)CC(=O)O)ccc2N(C)CC)cn1. The van der Waals surface area contributed by atoms with Crippen LogP contribution >= 0.6 is 0 Å². The zero-order valence-electron chi connectivity index (χ0n) is 16.4. The standard InChI is InChI=1S/C20H28N4O3/c1-5-14(11-19(25)26)15-8-9-18(24(4)6-2)17(10-15)23-16-12-21-20(22-13-16)27-7-3/h8-10,12-14,23H,5-7,11H2,1-4H3,(H,25,26). The maximum Gasteiger partial charge on any atom is 0.316 e. The number of nitrogens with one attached hydrogen (secondary N) is 1. The first-order valence-corrected chi connectivity index (χ1v) is 9.27. The first-order chi connectivity index (χ1) is 13.0. The minimum absolute atomic E-state index is 0.0272. The minimum atomic E-state index is -0.786. The lowest BCUT2D eigenvalue weighted by Gasteiger charge is -2.23. The number of ether oxygens (including phenoxy) is 1. The molecule has 2 N–H and O–H groups in total. The van der Waals surface area contributed by atoms with E-state index in [2.05, 4.69) is 27.1 Å². The van der Waals surface area contributed by atoms with Crippen LogP contribution in [0.15, 0.2) is 30.6 Å². The summed E-state index contributed by atoms with van der Waals surface area (Å²) in [5.41, 5.74) is 3.67. The third kappa shape index (κ3) is 5.57. The van der Waals surface area contributed by atoms with Gasteiger partial charge in [-0.05, 0) is 43.9 Å². The van der Waals surface area contributed by atoms with E-state index in [0.29, 0.717) is 12.6 Å². The van der Waals surface area contributed by atoms with E-state index in [4.69, 9.17) is 4.74 Å². The zero-order valence-corrected chi connectivity index (χ0v) is 16.4. The average Bonchev–Trinajstić information content (AvgIpc) is 2.67. The van der Waals surface area contributed by atoms with Crippen LogP contribution in [-0.2, 0) is 4.79 Å². The first kappa shape index (κ1) is 20.5. The predicted molar refractivity (Wildman–Crippen MR) is 107 cm³/mol. The number of hydrogen-bond acceptors (Lipinski definition) is 6. The van der Waals surface area contributed by atoms with E-state index in [-0.39, 0.29) is 12.3 Å². The summed E-state index contributed by atoms with van der Waals surface area (Å²) >= 11 is 0. The Bertz CT molecular complexity index is 749. The number of benzene rings is 1. The number of hydrogen-bond donors (Lipinski definition) is 2. The van der Waals surface area contributed by atoms with Gasteiger partial charge in [-0.15, -0.1) is 0 Å². The minimum Gasteiger partial charge on any atom is -0.481 e. The van der Waals surface area contributed by atoms with E-state index >= 15 is 0 Å². The van der Waals surface area contributed by atoms with Crippen LogP contribution in [0.2, 0.25) is 0 Å². The smallest absolute Gasteiger partial charge is 0.316 e. The molecule has 0 radical (unpaired) electrons. The van der Waals surface area contributed by atoms with Gasteiger partial charge in [-0.2, -0.15) is 0 Å². The van der Waals surface area contributed by atoms with Gasteiger partial charge in [0.1, 0.15) is 0 Å². The highest BCUT2D eigenvalue weighted by Crippen LogP contribution is 2.33. The summed E-state index contributed by atoms with van der Waals surface area (Å²) in [5.74, 6) is -0.813. The first-order valence-electron chi connectivity index (χ1n) is 9.27. The number of nitrogens with zero attached hydrogens (tertiary/aromatic N) is 3. The number of aliphatic carboxylic acids is 1. The Morgan fingerprint density at radius 2 is 1.96 bits per heavy atom. The molecule has 27 heavy (non-hydrogen) atoms. The number of carbonyl (C=O) groups is 1. The lowest BCUT2D eigenvalue weighted by Crippen LogP contribution is -2.17. The molecule has 7 nitrogen and oxygen atoms in total. The Hall–Kier alpha value is -2.83. The van der Waals surface area contributed by atoms with Gasteiger partial charge in [0, 0.05) is 13.6 Å². The van der Waals surface area contributed by atoms with Crippen molar-refractivity contribution in [3.8, 4) is 6.01 Å². The van der Waals surface area contributed by atoms with Gasteiger partial charge in [0.2, 0.25) is 0 Å². The molecule has 1 aromatic carbocycles. The van der Waals surface area contributed by atoms with E-state index < -0.39 is 5.97 Å². The van der Waals surface area contributed by atoms with Gasteiger partial charge in [0.25, 0.3) is 0 Å². The van der Waals surface area contributed by atoms with Crippen molar-refractivity contribution in [2.75, 3.05) is 30.4 Å². The third-order valence-corrected chi connectivity index (χ3v) is 4.47. The van der Waals surface area contributed by atoms with Gasteiger partial charge < -0.3 is 20.1 Å². The molecule has 0 aliphatic carbocycles. The largest absolute Gasteiger partial charge is 0.481 e. The molecule has 1 heterocycles. The van der Waals surface area contributed by atoms with Crippen molar-refractivity contribution < 1.29 is 14.6 Å². The number of rotatable bonds is 10. The molecule has 0 spiro atoms. The van der Waals surface area contributed by atoms with Crippen molar-refractivity contribution in [2.45, 2.75) is 39.5 Å². The third-order valence-electron chi connectivity index (χ3n) is 4.47. The monoisotopic (exact) mass is 372 g/mol. The predicted octanol–water partition coefficient (Wildman–Crippen LogP) is 4.04. The van der Waals surface area contributed by atoms with Gasteiger partial charge in [-0.1, -0.05) is 13.0 Å². The molecule has 0 amide bonds. The molecule has 2 rings (SSSR count). The highest BCUT2D eigenvalue weighted by Gasteiger charge is 2.16. The normalized spacial score (nSPS) is 11.7. The molecule has 1 atom stereocenters. The highest BCUT2D eigenvalue weighted by atomic mass is 16.5. The molecule has 146 valence electrons. The second kappa shape index (κ2) is 9.75. The summed E-state index contributed by atoms with van der Waals surface area (Å²) < 4.78 is 5.28. The van der Waals surface area contributed by atoms with Crippen LogP contribution in [0.1, 0.15) is 45.1 Å². The Balaban J connectivity index is 2.34. The highest BCUT2D eigenvalue weighted by molar-refractivity contribution is 5.76. The van der Waals surface area contributed by atoms with Gasteiger partial charge in [-0.3, -0.25) is 4.79 Å². The van der Waals surface area contributed by atoms with Gasteiger partial charge in [0.05, 0.1) is 42.5 Å². The zero-order chi connectivity index (χ0) is 19.8. The topological polar surface area (TPSA) is 87.6 Å². The fourth-order valence-electron chi connectivity index (χ4n) is 2.86. The molecule has 0 saturated heterocycles. The van der Waals surface area contributed by atoms with E-state index in [9.17, 15) is 9.90 Å². The fraction of sp³-hybridized carbons (Fsp3) is 0.450. The number of carboxylic acids is 1. The second-order valence-corrected chi connectivity index (χ2v) is 6.31. The second-order valence-electron chi connectivity index (χ2n) is 6.31. The molecule has 0 aliphatic heterocycles. The quantitative estimate of drug-likeness (QED) is 0.650. The van der Waals surface area contributed by atoms with Crippen molar-refractivity contribution in [3.63, 3.8) is 0 Å².